The zero-order valence-corrected chi connectivity index (χ0v) is 13.0. The SMILES string of the molecule is C=CC(=O)NCCCNC(=O)CCNC(=O)OC(C)(C)C. The lowest BCUT2D eigenvalue weighted by atomic mass is 10.2. The Balaban J connectivity index is 3.57. The fourth-order valence-electron chi connectivity index (χ4n) is 1.28. The van der Waals surface area contributed by atoms with E-state index in [1.165, 1.54) is 6.08 Å². The Morgan fingerprint density at radius 2 is 1.67 bits per heavy atom. The van der Waals surface area contributed by atoms with Crippen molar-refractivity contribution in [2.24, 2.45) is 0 Å². The molecular formula is C14H25N3O4. The Morgan fingerprint density at radius 3 is 2.24 bits per heavy atom. The molecule has 3 N–H and O–H groups in total. The number of hydrogen-bond acceptors (Lipinski definition) is 4. The predicted molar refractivity (Wildman–Crippen MR) is 79.7 cm³/mol. The summed E-state index contributed by atoms with van der Waals surface area (Å²) in [5.74, 6) is -0.399. The molecule has 0 saturated heterocycles. The normalized spacial score (nSPS) is 10.4. The number of carbonyl (C=O) groups excluding carboxylic acids is 3. The summed E-state index contributed by atoms with van der Waals surface area (Å²) in [5, 5.41) is 7.80. The van der Waals surface area contributed by atoms with Crippen LogP contribution in [-0.2, 0) is 14.3 Å². The molecule has 0 aliphatic rings. The van der Waals surface area contributed by atoms with Gasteiger partial charge in [0.05, 0.1) is 0 Å². The molecule has 0 aliphatic carbocycles. The minimum Gasteiger partial charge on any atom is -0.444 e. The summed E-state index contributed by atoms with van der Waals surface area (Å²) in [7, 11) is 0. The maximum Gasteiger partial charge on any atom is 0.407 e. The molecule has 0 spiro atoms. The first-order chi connectivity index (χ1) is 9.74. The highest BCUT2D eigenvalue weighted by atomic mass is 16.6. The van der Waals surface area contributed by atoms with E-state index in [0.29, 0.717) is 19.5 Å². The highest BCUT2D eigenvalue weighted by Gasteiger charge is 2.15. The largest absolute Gasteiger partial charge is 0.444 e. The van der Waals surface area contributed by atoms with Gasteiger partial charge in [0, 0.05) is 26.1 Å². The molecule has 0 heterocycles. The van der Waals surface area contributed by atoms with Gasteiger partial charge < -0.3 is 20.7 Å². The van der Waals surface area contributed by atoms with Crippen molar-refractivity contribution in [2.45, 2.75) is 39.2 Å². The van der Waals surface area contributed by atoms with Crippen LogP contribution in [0.5, 0.6) is 0 Å². The number of amides is 3. The lowest BCUT2D eigenvalue weighted by Crippen LogP contribution is -2.35. The van der Waals surface area contributed by atoms with Crippen molar-refractivity contribution in [3.8, 4) is 0 Å². The van der Waals surface area contributed by atoms with Gasteiger partial charge in [0.2, 0.25) is 11.8 Å². The first-order valence-electron chi connectivity index (χ1n) is 6.88. The molecule has 0 aromatic carbocycles. The molecule has 0 unspecified atom stereocenters. The summed E-state index contributed by atoms with van der Waals surface area (Å²) in [5.41, 5.74) is -0.553. The Morgan fingerprint density at radius 1 is 1.05 bits per heavy atom. The fourth-order valence-corrected chi connectivity index (χ4v) is 1.28. The minimum atomic E-state index is -0.553. The third kappa shape index (κ3) is 12.7. The van der Waals surface area contributed by atoms with E-state index in [0.717, 1.165) is 0 Å². The first kappa shape index (κ1) is 18.9. The molecule has 0 rings (SSSR count). The number of ether oxygens (including phenoxy) is 1. The summed E-state index contributed by atoms with van der Waals surface area (Å²) in [6.07, 6.45) is 1.46. The number of nitrogens with one attached hydrogen (secondary N) is 3. The zero-order chi connectivity index (χ0) is 16.3. The van der Waals surface area contributed by atoms with Gasteiger partial charge in [-0.1, -0.05) is 6.58 Å². The molecule has 0 aromatic rings. The Bertz CT molecular complexity index is 375. The van der Waals surface area contributed by atoms with E-state index in [1.807, 2.05) is 0 Å². The van der Waals surface area contributed by atoms with Gasteiger partial charge in [-0.3, -0.25) is 9.59 Å². The van der Waals surface area contributed by atoms with Crippen LogP contribution in [0.1, 0.15) is 33.6 Å². The lowest BCUT2D eigenvalue weighted by Gasteiger charge is -2.19. The van der Waals surface area contributed by atoms with Crippen molar-refractivity contribution in [1.29, 1.82) is 0 Å². The molecular weight excluding hydrogens is 274 g/mol. The van der Waals surface area contributed by atoms with Gasteiger partial charge in [0.25, 0.3) is 0 Å². The molecule has 0 saturated carbocycles. The highest BCUT2D eigenvalue weighted by Crippen LogP contribution is 2.06. The monoisotopic (exact) mass is 299 g/mol. The van der Waals surface area contributed by atoms with E-state index < -0.39 is 11.7 Å². The second-order valence-electron chi connectivity index (χ2n) is 5.38. The second kappa shape index (κ2) is 9.79. The van der Waals surface area contributed by atoms with Crippen molar-refractivity contribution in [3.05, 3.63) is 12.7 Å². The molecule has 0 bridgehead atoms. The van der Waals surface area contributed by atoms with Crippen molar-refractivity contribution in [1.82, 2.24) is 16.0 Å². The van der Waals surface area contributed by atoms with Crippen molar-refractivity contribution >= 4 is 17.9 Å². The molecule has 7 heteroatoms. The molecule has 0 aliphatic heterocycles. The second-order valence-corrected chi connectivity index (χ2v) is 5.38. The Hall–Kier alpha value is -2.05. The molecule has 0 radical (unpaired) electrons. The fraction of sp³-hybridized carbons (Fsp3) is 0.643. The van der Waals surface area contributed by atoms with Gasteiger partial charge in [0.1, 0.15) is 5.60 Å². The van der Waals surface area contributed by atoms with Gasteiger partial charge in [-0.15, -0.1) is 0 Å². The van der Waals surface area contributed by atoms with Crippen LogP contribution in [0.2, 0.25) is 0 Å². The maximum atomic E-state index is 11.5. The average Bonchev–Trinajstić information content (AvgIpc) is 2.35. The molecule has 0 atom stereocenters. The van der Waals surface area contributed by atoms with E-state index in [4.69, 9.17) is 4.74 Å². The topological polar surface area (TPSA) is 96.5 Å². The van der Waals surface area contributed by atoms with E-state index in [1.54, 1.807) is 20.8 Å². The molecule has 0 fully saturated rings. The molecule has 7 nitrogen and oxygen atoms in total. The third-order valence-corrected chi connectivity index (χ3v) is 2.18. The summed E-state index contributed by atoms with van der Waals surface area (Å²) >= 11 is 0. The van der Waals surface area contributed by atoms with Gasteiger partial charge in [-0.25, -0.2) is 4.79 Å². The summed E-state index contributed by atoms with van der Waals surface area (Å²) in [6.45, 7) is 9.79. The van der Waals surface area contributed by atoms with Gasteiger partial charge >= 0.3 is 6.09 Å². The standard InChI is InChI=1S/C14H25N3O4/c1-5-11(18)15-8-6-9-16-12(19)7-10-17-13(20)21-14(2,3)4/h5H,1,6-10H2,2-4H3,(H,15,18)(H,16,19)(H,17,20). The summed E-state index contributed by atoms with van der Waals surface area (Å²) < 4.78 is 5.04. The van der Waals surface area contributed by atoms with Crippen LogP contribution in [0.4, 0.5) is 4.79 Å². The minimum absolute atomic E-state index is 0.166. The van der Waals surface area contributed by atoms with Crippen molar-refractivity contribution < 1.29 is 19.1 Å². The molecule has 3 amide bonds. The Labute approximate surface area is 125 Å². The number of hydrogen-bond donors (Lipinski definition) is 3. The van der Waals surface area contributed by atoms with Crippen LogP contribution >= 0.6 is 0 Å². The van der Waals surface area contributed by atoms with E-state index >= 15 is 0 Å². The number of rotatable bonds is 8. The van der Waals surface area contributed by atoms with E-state index in [-0.39, 0.29) is 24.8 Å². The van der Waals surface area contributed by atoms with E-state index in [9.17, 15) is 14.4 Å². The van der Waals surface area contributed by atoms with Crippen molar-refractivity contribution in [2.75, 3.05) is 19.6 Å². The first-order valence-corrected chi connectivity index (χ1v) is 6.88. The van der Waals surface area contributed by atoms with Gasteiger partial charge in [0.15, 0.2) is 0 Å². The maximum absolute atomic E-state index is 11.5. The van der Waals surface area contributed by atoms with Crippen LogP contribution in [-0.4, -0.2) is 43.1 Å². The van der Waals surface area contributed by atoms with Crippen LogP contribution in [0, 0.1) is 0 Å². The summed E-state index contributed by atoms with van der Waals surface area (Å²) in [4.78, 5) is 33.6. The van der Waals surface area contributed by atoms with Crippen LogP contribution in [0.15, 0.2) is 12.7 Å². The number of alkyl carbamates (subject to hydrolysis) is 1. The molecule has 21 heavy (non-hydrogen) atoms. The van der Waals surface area contributed by atoms with Gasteiger partial charge in [-0.05, 0) is 33.3 Å². The smallest absolute Gasteiger partial charge is 0.407 e. The predicted octanol–water partition coefficient (Wildman–Crippen LogP) is 0.710. The summed E-state index contributed by atoms with van der Waals surface area (Å²) in [6, 6.07) is 0. The zero-order valence-electron chi connectivity index (χ0n) is 13.0. The van der Waals surface area contributed by atoms with Crippen molar-refractivity contribution in [3.63, 3.8) is 0 Å². The highest BCUT2D eigenvalue weighted by molar-refractivity contribution is 5.86. The van der Waals surface area contributed by atoms with E-state index in [2.05, 4.69) is 22.5 Å². The van der Waals surface area contributed by atoms with Crippen LogP contribution < -0.4 is 16.0 Å². The number of carbonyl (C=O) groups is 3. The third-order valence-electron chi connectivity index (χ3n) is 2.18. The quantitative estimate of drug-likeness (QED) is 0.454. The van der Waals surface area contributed by atoms with Gasteiger partial charge in [-0.2, -0.15) is 0 Å². The Kier molecular flexibility index (Phi) is 8.84. The lowest BCUT2D eigenvalue weighted by molar-refractivity contribution is -0.120. The molecule has 0 aromatic heterocycles. The molecule has 120 valence electrons. The average molecular weight is 299 g/mol. The van der Waals surface area contributed by atoms with Crippen LogP contribution in [0.25, 0.3) is 0 Å². The van der Waals surface area contributed by atoms with Crippen LogP contribution in [0.3, 0.4) is 0 Å².